The monoisotopic (exact) mass is 357 g/mol. The molecule has 0 amide bonds. The van der Waals surface area contributed by atoms with Crippen molar-refractivity contribution in [2.24, 2.45) is 0 Å². The van der Waals surface area contributed by atoms with Gasteiger partial charge < -0.3 is 10.4 Å². The van der Waals surface area contributed by atoms with E-state index in [0.717, 1.165) is 11.4 Å². The standard InChI is InChI=1S/C22H19N3O2/c1-15(26)18-13-23-14-19-20(27)12-21(24-16-8-4-2-5-9-16)25(22(18)19)17-10-6-3-7-11-17/h2-15,24,26H,1H3. The molecule has 134 valence electrons. The number of fused-ring (bicyclic) bond motifs is 1. The van der Waals surface area contributed by atoms with Crippen molar-refractivity contribution in [1.82, 2.24) is 9.55 Å². The zero-order chi connectivity index (χ0) is 18.8. The van der Waals surface area contributed by atoms with Crippen LogP contribution in [0.4, 0.5) is 11.5 Å². The van der Waals surface area contributed by atoms with Crippen LogP contribution in [-0.2, 0) is 0 Å². The number of benzene rings is 2. The number of aliphatic hydroxyl groups excluding tert-OH is 1. The molecule has 0 bridgehead atoms. The van der Waals surface area contributed by atoms with Gasteiger partial charge >= 0.3 is 0 Å². The minimum absolute atomic E-state index is 0.148. The Balaban J connectivity index is 2.08. The van der Waals surface area contributed by atoms with Gasteiger partial charge in [0.2, 0.25) is 0 Å². The zero-order valence-electron chi connectivity index (χ0n) is 14.8. The second-order valence-corrected chi connectivity index (χ2v) is 6.36. The summed E-state index contributed by atoms with van der Waals surface area (Å²) in [6.45, 7) is 1.67. The van der Waals surface area contributed by atoms with Crippen LogP contribution in [0.1, 0.15) is 18.6 Å². The Hall–Kier alpha value is -3.44. The minimum Gasteiger partial charge on any atom is -0.389 e. The van der Waals surface area contributed by atoms with Crippen LogP contribution in [0.5, 0.6) is 0 Å². The van der Waals surface area contributed by atoms with Crippen molar-refractivity contribution in [1.29, 1.82) is 0 Å². The Morgan fingerprint density at radius 3 is 2.33 bits per heavy atom. The maximum absolute atomic E-state index is 12.8. The second kappa shape index (κ2) is 7.05. The SMILES string of the molecule is CC(O)c1cncc2c(=O)cc(Nc3ccccc3)n(-c3ccccc3)c12. The molecule has 5 heteroatoms. The summed E-state index contributed by atoms with van der Waals surface area (Å²) in [5.74, 6) is 0.623. The first-order chi connectivity index (χ1) is 13.1. The normalized spacial score (nSPS) is 12.1. The Morgan fingerprint density at radius 2 is 1.67 bits per heavy atom. The fourth-order valence-electron chi connectivity index (χ4n) is 3.20. The summed E-state index contributed by atoms with van der Waals surface area (Å²) in [5, 5.41) is 14.1. The van der Waals surface area contributed by atoms with Gasteiger partial charge in [0, 0.05) is 35.4 Å². The summed E-state index contributed by atoms with van der Waals surface area (Å²) in [6, 6.07) is 21.0. The van der Waals surface area contributed by atoms with E-state index in [9.17, 15) is 9.90 Å². The third-order valence-corrected chi connectivity index (χ3v) is 4.45. The summed E-state index contributed by atoms with van der Waals surface area (Å²) in [7, 11) is 0. The number of hydrogen-bond acceptors (Lipinski definition) is 4. The van der Waals surface area contributed by atoms with Crippen molar-refractivity contribution >= 4 is 22.4 Å². The number of nitrogens with one attached hydrogen (secondary N) is 1. The first-order valence-electron chi connectivity index (χ1n) is 8.74. The number of rotatable bonds is 4. The number of pyridine rings is 2. The largest absolute Gasteiger partial charge is 0.389 e. The molecule has 0 fully saturated rings. The lowest BCUT2D eigenvalue weighted by Gasteiger charge is -2.21. The van der Waals surface area contributed by atoms with Crippen molar-refractivity contribution in [3.63, 3.8) is 0 Å². The third kappa shape index (κ3) is 3.20. The van der Waals surface area contributed by atoms with E-state index in [1.807, 2.05) is 65.2 Å². The molecule has 0 spiro atoms. The quantitative estimate of drug-likeness (QED) is 0.575. The van der Waals surface area contributed by atoms with Crippen LogP contribution in [0.25, 0.3) is 16.6 Å². The molecule has 4 aromatic rings. The number of anilines is 2. The molecule has 4 rings (SSSR count). The maximum Gasteiger partial charge on any atom is 0.193 e. The Kier molecular flexibility index (Phi) is 4.44. The molecule has 0 aliphatic carbocycles. The molecule has 0 aliphatic rings. The molecule has 2 aromatic heterocycles. The highest BCUT2D eigenvalue weighted by Gasteiger charge is 2.17. The highest BCUT2D eigenvalue weighted by atomic mass is 16.3. The smallest absolute Gasteiger partial charge is 0.193 e. The van der Waals surface area contributed by atoms with Gasteiger partial charge in [0.25, 0.3) is 0 Å². The lowest BCUT2D eigenvalue weighted by Crippen LogP contribution is -2.15. The van der Waals surface area contributed by atoms with Crippen LogP contribution in [-0.4, -0.2) is 14.7 Å². The summed E-state index contributed by atoms with van der Waals surface area (Å²) in [4.78, 5) is 16.9. The lowest BCUT2D eigenvalue weighted by atomic mass is 10.1. The lowest BCUT2D eigenvalue weighted by molar-refractivity contribution is 0.200. The van der Waals surface area contributed by atoms with Gasteiger partial charge in [-0.2, -0.15) is 0 Å². The van der Waals surface area contributed by atoms with Gasteiger partial charge in [0.1, 0.15) is 5.82 Å². The Morgan fingerprint density at radius 1 is 1.00 bits per heavy atom. The summed E-state index contributed by atoms with van der Waals surface area (Å²) in [5.41, 5.74) is 2.86. The van der Waals surface area contributed by atoms with Crippen LogP contribution >= 0.6 is 0 Å². The molecule has 2 heterocycles. The van der Waals surface area contributed by atoms with Gasteiger partial charge in [-0.15, -0.1) is 0 Å². The molecule has 0 saturated heterocycles. The number of para-hydroxylation sites is 2. The van der Waals surface area contributed by atoms with Crippen molar-refractivity contribution in [3.8, 4) is 5.69 Å². The first-order valence-corrected chi connectivity index (χ1v) is 8.74. The van der Waals surface area contributed by atoms with Crippen LogP contribution in [0.2, 0.25) is 0 Å². The van der Waals surface area contributed by atoms with Crippen LogP contribution in [0, 0.1) is 0 Å². The molecule has 2 aromatic carbocycles. The van der Waals surface area contributed by atoms with E-state index in [-0.39, 0.29) is 5.43 Å². The van der Waals surface area contributed by atoms with Gasteiger partial charge in [-0.05, 0) is 31.2 Å². The molecule has 1 unspecified atom stereocenters. The molecule has 27 heavy (non-hydrogen) atoms. The highest BCUT2D eigenvalue weighted by molar-refractivity contribution is 5.86. The molecular formula is C22H19N3O2. The minimum atomic E-state index is -0.762. The van der Waals surface area contributed by atoms with Crippen LogP contribution < -0.4 is 10.7 Å². The van der Waals surface area contributed by atoms with Gasteiger partial charge in [-0.3, -0.25) is 14.3 Å². The van der Waals surface area contributed by atoms with Crippen molar-refractivity contribution in [3.05, 3.63) is 94.9 Å². The van der Waals surface area contributed by atoms with Gasteiger partial charge in [0.05, 0.1) is 17.0 Å². The van der Waals surface area contributed by atoms with Crippen molar-refractivity contribution < 1.29 is 5.11 Å². The molecule has 0 saturated carbocycles. The van der Waals surface area contributed by atoms with Crippen molar-refractivity contribution in [2.45, 2.75) is 13.0 Å². The topological polar surface area (TPSA) is 67.2 Å². The number of nitrogens with zero attached hydrogens (tertiary/aromatic N) is 2. The molecular weight excluding hydrogens is 338 g/mol. The fraction of sp³-hybridized carbons (Fsp3) is 0.0909. The maximum atomic E-state index is 12.8. The second-order valence-electron chi connectivity index (χ2n) is 6.36. The molecule has 1 atom stereocenters. The molecule has 2 N–H and O–H groups in total. The average Bonchev–Trinajstić information content (AvgIpc) is 2.69. The number of hydrogen-bond donors (Lipinski definition) is 2. The fourth-order valence-corrected chi connectivity index (χ4v) is 3.20. The van der Waals surface area contributed by atoms with Crippen LogP contribution in [0.3, 0.4) is 0 Å². The predicted octanol–water partition coefficient (Wildman–Crippen LogP) is 4.18. The highest BCUT2D eigenvalue weighted by Crippen LogP contribution is 2.29. The Bertz CT molecular complexity index is 1140. The Labute approximate surface area is 156 Å². The zero-order valence-corrected chi connectivity index (χ0v) is 14.8. The van der Waals surface area contributed by atoms with E-state index in [2.05, 4.69) is 10.3 Å². The van der Waals surface area contributed by atoms with E-state index in [0.29, 0.717) is 22.3 Å². The predicted molar refractivity (Wildman–Crippen MR) is 108 cm³/mol. The average molecular weight is 357 g/mol. The molecule has 0 aliphatic heterocycles. The number of aliphatic hydroxyl groups is 1. The summed E-state index contributed by atoms with van der Waals surface area (Å²) >= 11 is 0. The van der Waals surface area contributed by atoms with E-state index in [1.54, 1.807) is 25.4 Å². The first kappa shape index (κ1) is 17.0. The van der Waals surface area contributed by atoms with Gasteiger partial charge in [-0.1, -0.05) is 36.4 Å². The van der Waals surface area contributed by atoms with Gasteiger partial charge in [0.15, 0.2) is 5.43 Å². The summed E-state index contributed by atoms with van der Waals surface area (Å²) < 4.78 is 1.95. The molecule has 5 nitrogen and oxygen atoms in total. The third-order valence-electron chi connectivity index (χ3n) is 4.45. The van der Waals surface area contributed by atoms with E-state index >= 15 is 0 Å². The van der Waals surface area contributed by atoms with Crippen molar-refractivity contribution in [2.75, 3.05) is 5.32 Å². The summed E-state index contributed by atoms with van der Waals surface area (Å²) in [6.07, 6.45) is 2.40. The van der Waals surface area contributed by atoms with Crippen LogP contribution in [0.15, 0.2) is 83.9 Å². The molecule has 0 radical (unpaired) electrons. The van der Waals surface area contributed by atoms with E-state index < -0.39 is 6.10 Å². The van der Waals surface area contributed by atoms with E-state index in [4.69, 9.17) is 0 Å². The van der Waals surface area contributed by atoms with Gasteiger partial charge in [-0.25, -0.2) is 0 Å². The van der Waals surface area contributed by atoms with E-state index in [1.165, 1.54) is 0 Å². The number of aromatic nitrogens is 2.